The number of rotatable bonds is 5. The molecule has 0 fully saturated rings. The highest BCUT2D eigenvalue weighted by molar-refractivity contribution is 6.30. The Balaban J connectivity index is 1.72. The second-order valence-electron chi connectivity index (χ2n) is 6.29. The predicted molar refractivity (Wildman–Crippen MR) is 116 cm³/mol. The van der Waals surface area contributed by atoms with Crippen LogP contribution in [0.3, 0.4) is 0 Å². The van der Waals surface area contributed by atoms with Gasteiger partial charge in [0.2, 0.25) is 0 Å². The van der Waals surface area contributed by atoms with Gasteiger partial charge in [0.15, 0.2) is 0 Å². The summed E-state index contributed by atoms with van der Waals surface area (Å²) < 4.78 is 0. The summed E-state index contributed by atoms with van der Waals surface area (Å²) in [7, 11) is 0. The van der Waals surface area contributed by atoms with E-state index in [2.05, 4.69) is 21.2 Å². The Morgan fingerprint density at radius 2 is 1.64 bits per heavy atom. The van der Waals surface area contributed by atoms with Gasteiger partial charge in [-0.05, 0) is 42.8 Å². The van der Waals surface area contributed by atoms with Crippen molar-refractivity contribution in [2.45, 2.75) is 13.3 Å². The van der Waals surface area contributed by atoms with Crippen LogP contribution in [0.15, 0.2) is 84.0 Å². The number of amidine groups is 1. The van der Waals surface area contributed by atoms with Crippen LogP contribution in [0.25, 0.3) is 0 Å². The lowest BCUT2D eigenvalue weighted by Crippen LogP contribution is -2.36. The van der Waals surface area contributed by atoms with Crippen molar-refractivity contribution in [1.29, 1.82) is 0 Å². The number of nitrogens with zero attached hydrogens (tertiary/aromatic N) is 1. The largest absolute Gasteiger partial charge is 0.324 e. The number of nitrogens with one attached hydrogen (secondary N) is 3. The second kappa shape index (κ2) is 9.58. The number of aryl methyl sites for hydroxylation is 1. The topological polar surface area (TPSA) is 65.5 Å². The summed E-state index contributed by atoms with van der Waals surface area (Å²) in [5, 5.41) is 10.5. The summed E-state index contributed by atoms with van der Waals surface area (Å²) in [5.74, 6) is 0.493. The number of urea groups is 1. The predicted octanol–water partition coefficient (Wildman–Crippen LogP) is 5.44. The van der Waals surface area contributed by atoms with Crippen LogP contribution in [0.4, 0.5) is 16.2 Å². The fraction of sp³-hybridized carbons (Fsp3) is 0.0909. The zero-order chi connectivity index (χ0) is 19.8. The van der Waals surface area contributed by atoms with Crippen molar-refractivity contribution in [3.05, 3.63) is 95.0 Å². The highest BCUT2D eigenvalue weighted by atomic mass is 35.5. The summed E-state index contributed by atoms with van der Waals surface area (Å²) >= 11 is 5.97. The average Bonchev–Trinajstić information content (AvgIpc) is 2.68. The van der Waals surface area contributed by atoms with Crippen molar-refractivity contribution in [2.75, 3.05) is 10.7 Å². The number of amides is 2. The molecular formula is C22H21ClN4O. The maximum Gasteiger partial charge on any atom is 0.324 e. The van der Waals surface area contributed by atoms with Gasteiger partial charge in [-0.3, -0.25) is 10.7 Å². The maximum atomic E-state index is 12.4. The Bertz CT molecular complexity index is 956. The van der Waals surface area contributed by atoms with Crippen molar-refractivity contribution in [1.82, 2.24) is 5.32 Å². The zero-order valence-corrected chi connectivity index (χ0v) is 16.2. The highest BCUT2D eigenvalue weighted by Gasteiger charge is 2.08. The maximum absolute atomic E-state index is 12.4. The van der Waals surface area contributed by atoms with Gasteiger partial charge in [-0.2, -0.15) is 5.10 Å². The molecule has 0 heterocycles. The molecule has 0 saturated heterocycles. The van der Waals surface area contributed by atoms with Crippen LogP contribution in [-0.4, -0.2) is 11.9 Å². The summed E-state index contributed by atoms with van der Waals surface area (Å²) in [6, 6.07) is 24.2. The van der Waals surface area contributed by atoms with Crippen LogP contribution in [0.2, 0.25) is 5.02 Å². The van der Waals surface area contributed by atoms with E-state index in [-0.39, 0.29) is 6.03 Å². The second-order valence-corrected chi connectivity index (χ2v) is 6.72. The molecule has 6 heteroatoms. The molecule has 0 aliphatic rings. The number of benzene rings is 3. The number of hydrazone groups is 1. The third-order valence-corrected chi connectivity index (χ3v) is 4.16. The Kier molecular flexibility index (Phi) is 6.65. The lowest BCUT2D eigenvalue weighted by atomic mass is 10.1. The molecule has 3 rings (SSSR count). The minimum absolute atomic E-state index is 0.386. The number of anilines is 2. The van der Waals surface area contributed by atoms with Gasteiger partial charge < -0.3 is 5.32 Å². The molecule has 0 spiro atoms. The summed E-state index contributed by atoms with van der Waals surface area (Å²) in [4.78, 5) is 12.4. The smallest absolute Gasteiger partial charge is 0.308 e. The van der Waals surface area contributed by atoms with E-state index in [9.17, 15) is 4.79 Å². The van der Waals surface area contributed by atoms with Crippen LogP contribution < -0.4 is 16.1 Å². The highest BCUT2D eigenvalue weighted by Crippen LogP contribution is 2.14. The minimum atomic E-state index is -0.386. The number of carbonyl (C=O) groups is 1. The number of hydrogen-bond donors (Lipinski definition) is 3. The van der Waals surface area contributed by atoms with Gasteiger partial charge in [0.05, 0.1) is 5.69 Å². The van der Waals surface area contributed by atoms with Crippen molar-refractivity contribution < 1.29 is 4.79 Å². The molecule has 0 aliphatic carbocycles. The van der Waals surface area contributed by atoms with Crippen LogP contribution in [0, 0.1) is 6.92 Å². The molecule has 3 N–H and O–H groups in total. The summed E-state index contributed by atoms with van der Waals surface area (Å²) in [6.07, 6.45) is 0.475. The lowest BCUT2D eigenvalue weighted by Gasteiger charge is -2.12. The Labute approximate surface area is 169 Å². The molecule has 142 valence electrons. The summed E-state index contributed by atoms with van der Waals surface area (Å²) in [6.45, 7) is 2.03. The van der Waals surface area contributed by atoms with E-state index >= 15 is 0 Å². The molecule has 5 nitrogen and oxygen atoms in total. The van der Waals surface area contributed by atoms with Crippen LogP contribution >= 0.6 is 11.6 Å². The molecule has 2 amide bonds. The van der Waals surface area contributed by atoms with Crippen LogP contribution in [-0.2, 0) is 6.42 Å². The molecule has 3 aromatic rings. The molecule has 0 aliphatic heterocycles. The zero-order valence-electron chi connectivity index (χ0n) is 15.4. The molecular weight excluding hydrogens is 372 g/mol. The molecule has 0 atom stereocenters. The van der Waals surface area contributed by atoms with E-state index in [4.69, 9.17) is 11.6 Å². The van der Waals surface area contributed by atoms with Gasteiger partial charge >= 0.3 is 6.03 Å². The van der Waals surface area contributed by atoms with Gasteiger partial charge in [-0.25, -0.2) is 4.79 Å². The van der Waals surface area contributed by atoms with Gasteiger partial charge in [0, 0.05) is 17.1 Å². The van der Waals surface area contributed by atoms with Crippen molar-refractivity contribution in [2.24, 2.45) is 5.10 Å². The third kappa shape index (κ3) is 6.14. The first-order valence-electron chi connectivity index (χ1n) is 8.85. The Hall–Kier alpha value is -3.31. The fourth-order valence-corrected chi connectivity index (χ4v) is 2.71. The van der Waals surface area contributed by atoms with E-state index in [0.29, 0.717) is 23.0 Å². The molecule has 3 aromatic carbocycles. The molecule has 0 unspecified atom stereocenters. The quantitative estimate of drug-likeness (QED) is 0.307. The first kappa shape index (κ1) is 19.5. The normalized spacial score (nSPS) is 11.0. The number of carbonyl (C=O) groups excluding carboxylic acids is 1. The Morgan fingerprint density at radius 1 is 0.929 bits per heavy atom. The third-order valence-electron chi connectivity index (χ3n) is 3.93. The van der Waals surface area contributed by atoms with E-state index in [0.717, 1.165) is 11.3 Å². The SMILES string of the molecule is Cc1ccc(C/C(=N/Nc2ccccc2)NC(=O)Nc2cccc(Cl)c2)cc1. The molecule has 0 bridgehead atoms. The number of para-hydroxylation sites is 1. The van der Waals surface area contributed by atoms with E-state index in [1.807, 2.05) is 61.5 Å². The van der Waals surface area contributed by atoms with Crippen molar-refractivity contribution in [3.63, 3.8) is 0 Å². The van der Waals surface area contributed by atoms with E-state index < -0.39 is 0 Å². The standard InChI is InChI=1S/C22H21ClN4O/c1-16-10-12-17(13-11-16)14-21(27-26-19-7-3-2-4-8-19)25-22(28)24-20-9-5-6-18(23)15-20/h2-13,15,26H,14H2,1H3,(H2,24,25,27,28). The van der Waals surface area contributed by atoms with Gasteiger partial charge in [0.1, 0.15) is 5.84 Å². The minimum Gasteiger partial charge on any atom is -0.308 e. The molecule has 28 heavy (non-hydrogen) atoms. The van der Waals surface area contributed by atoms with Crippen LogP contribution in [0.1, 0.15) is 11.1 Å². The molecule has 0 radical (unpaired) electrons. The molecule has 0 saturated carbocycles. The molecule has 0 aromatic heterocycles. The van der Waals surface area contributed by atoms with Gasteiger partial charge in [0.25, 0.3) is 0 Å². The summed E-state index contributed by atoms with van der Waals surface area (Å²) in [5.41, 5.74) is 6.64. The van der Waals surface area contributed by atoms with Crippen molar-refractivity contribution in [3.8, 4) is 0 Å². The fourth-order valence-electron chi connectivity index (χ4n) is 2.52. The first-order valence-corrected chi connectivity index (χ1v) is 9.23. The average molecular weight is 393 g/mol. The van der Waals surface area contributed by atoms with Gasteiger partial charge in [-0.15, -0.1) is 0 Å². The lowest BCUT2D eigenvalue weighted by molar-refractivity contribution is 0.256. The number of halogens is 1. The van der Waals surface area contributed by atoms with E-state index in [1.165, 1.54) is 5.56 Å². The van der Waals surface area contributed by atoms with Gasteiger partial charge in [-0.1, -0.05) is 65.7 Å². The monoisotopic (exact) mass is 392 g/mol. The van der Waals surface area contributed by atoms with E-state index in [1.54, 1.807) is 24.3 Å². The first-order chi connectivity index (χ1) is 13.6. The van der Waals surface area contributed by atoms with Crippen molar-refractivity contribution >= 4 is 34.8 Å². The Morgan fingerprint density at radius 3 is 2.36 bits per heavy atom. The van der Waals surface area contributed by atoms with Crippen LogP contribution in [0.5, 0.6) is 0 Å². The number of hydrogen-bond acceptors (Lipinski definition) is 3.